The van der Waals surface area contributed by atoms with Gasteiger partial charge in [0, 0.05) is 17.5 Å². The van der Waals surface area contributed by atoms with Crippen LogP contribution in [0.25, 0.3) is 0 Å². The average molecular weight is 359 g/mol. The molecular weight excluding hydrogens is 346 g/mol. The van der Waals surface area contributed by atoms with Crippen molar-refractivity contribution in [3.05, 3.63) is 14.7 Å². The van der Waals surface area contributed by atoms with Crippen molar-refractivity contribution >= 4 is 48.9 Å². The zero-order valence-corrected chi connectivity index (χ0v) is 13.3. The summed E-state index contributed by atoms with van der Waals surface area (Å²) < 4.78 is 27.1. The molecule has 0 spiro atoms. The number of rotatable bonds is 5. The molecule has 96 valence electrons. The maximum atomic E-state index is 12.5. The fourth-order valence-electron chi connectivity index (χ4n) is 1.75. The third kappa shape index (κ3) is 2.71. The molecule has 0 unspecified atom stereocenters. The molecule has 1 aromatic rings. The number of sulfonamides is 1. The standard InChI is InChI=1S/C10H13BrClNO2S2/c1-2-13(7-3-4-7)17(14,15)9-5-8(6-12)16-10(9)11/h5,7H,2-4,6H2,1H3. The molecule has 0 aliphatic heterocycles. The van der Waals surface area contributed by atoms with Gasteiger partial charge < -0.3 is 0 Å². The molecule has 0 saturated heterocycles. The molecule has 1 aliphatic rings. The molecule has 0 radical (unpaired) electrons. The molecule has 0 amide bonds. The van der Waals surface area contributed by atoms with E-state index in [1.165, 1.54) is 11.3 Å². The Morgan fingerprint density at radius 2 is 2.24 bits per heavy atom. The molecule has 17 heavy (non-hydrogen) atoms. The molecule has 2 rings (SSSR count). The summed E-state index contributed by atoms with van der Waals surface area (Å²) in [5.74, 6) is 0.342. The first-order chi connectivity index (χ1) is 8.00. The zero-order chi connectivity index (χ0) is 12.6. The van der Waals surface area contributed by atoms with Crippen LogP contribution in [0.4, 0.5) is 0 Å². The Bertz CT molecular complexity index is 510. The predicted molar refractivity (Wildman–Crippen MR) is 74.2 cm³/mol. The summed E-state index contributed by atoms with van der Waals surface area (Å²) in [4.78, 5) is 1.22. The molecule has 3 nitrogen and oxygen atoms in total. The van der Waals surface area contributed by atoms with Gasteiger partial charge >= 0.3 is 0 Å². The summed E-state index contributed by atoms with van der Waals surface area (Å²) in [5.41, 5.74) is 0. The second kappa shape index (κ2) is 5.17. The van der Waals surface area contributed by atoms with Gasteiger partial charge in [0.2, 0.25) is 10.0 Å². The van der Waals surface area contributed by atoms with Gasteiger partial charge in [0.05, 0.1) is 9.67 Å². The molecule has 1 saturated carbocycles. The van der Waals surface area contributed by atoms with Crippen molar-refractivity contribution in [1.82, 2.24) is 4.31 Å². The lowest BCUT2D eigenvalue weighted by Crippen LogP contribution is -2.32. The molecule has 0 bridgehead atoms. The Morgan fingerprint density at radius 3 is 2.65 bits per heavy atom. The Hall–Kier alpha value is 0.380. The van der Waals surface area contributed by atoms with E-state index in [-0.39, 0.29) is 6.04 Å². The van der Waals surface area contributed by atoms with Gasteiger partial charge in [-0.1, -0.05) is 6.92 Å². The summed E-state index contributed by atoms with van der Waals surface area (Å²) in [6.45, 7) is 2.39. The van der Waals surface area contributed by atoms with Gasteiger partial charge in [-0.3, -0.25) is 0 Å². The monoisotopic (exact) mass is 357 g/mol. The highest BCUT2D eigenvalue weighted by molar-refractivity contribution is 9.11. The average Bonchev–Trinajstić information content (AvgIpc) is 3.01. The van der Waals surface area contributed by atoms with E-state index in [4.69, 9.17) is 11.6 Å². The van der Waals surface area contributed by atoms with Gasteiger partial charge in [-0.05, 0) is 34.8 Å². The smallest absolute Gasteiger partial charge is 0.207 e. The number of nitrogens with zero attached hydrogens (tertiary/aromatic N) is 1. The molecule has 0 atom stereocenters. The maximum Gasteiger partial charge on any atom is 0.245 e. The minimum absolute atomic E-state index is 0.191. The second-order valence-electron chi connectivity index (χ2n) is 3.92. The molecule has 7 heteroatoms. The van der Waals surface area contributed by atoms with E-state index in [0.717, 1.165) is 17.7 Å². The van der Waals surface area contributed by atoms with Crippen LogP contribution in [0, 0.1) is 0 Å². The number of hydrogen-bond donors (Lipinski definition) is 0. The SMILES string of the molecule is CCN(C1CC1)S(=O)(=O)c1cc(CCl)sc1Br. The third-order valence-corrected chi connectivity index (χ3v) is 7.42. The first kappa shape index (κ1) is 13.8. The van der Waals surface area contributed by atoms with Gasteiger partial charge in [-0.2, -0.15) is 4.31 Å². The molecule has 1 heterocycles. The van der Waals surface area contributed by atoms with E-state index >= 15 is 0 Å². The Labute approximate surface area is 119 Å². The number of hydrogen-bond acceptors (Lipinski definition) is 3. The highest BCUT2D eigenvalue weighted by Crippen LogP contribution is 2.38. The van der Waals surface area contributed by atoms with Crippen LogP contribution >= 0.6 is 38.9 Å². The van der Waals surface area contributed by atoms with Crippen LogP contribution in [0.3, 0.4) is 0 Å². The van der Waals surface area contributed by atoms with E-state index in [9.17, 15) is 8.42 Å². The van der Waals surface area contributed by atoms with Crippen LogP contribution in [0.1, 0.15) is 24.6 Å². The lowest BCUT2D eigenvalue weighted by atomic mass is 10.5. The van der Waals surface area contributed by atoms with Crippen molar-refractivity contribution < 1.29 is 8.42 Å². The lowest BCUT2D eigenvalue weighted by molar-refractivity contribution is 0.421. The molecule has 0 aromatic carbocycles. The van der Waals surface area contributed by atoms with E-state index in [0.29, 0.717) is 21.1 Å². The minimum atomic E-state index is -3.37. The van der Waals surface area contributed by atoms with Crippen LogP contribution in [0.5, 0.6) is 0 Å². The van der Waals surface area contributed by atoms with Crippen molar-refractivity contribution in [1.29, 1.82) is 0 Å². The Balaban J connectivity index is 2.39. The molecule has 1 aliphatic carbocycles. The summed E-state index contributed by atoms with van der Waals surface area (Å²) >= 11 is 10.4. The first-order valence-electron chi connectivity index (χ1n) is 5.36. The van der Waals surface area contributed by atoms with Crippen molar-refractivity contribution in [2.45, 2.75) is 36.6 Å². The van der Waals surface area contributed by atoms with Crippen molar-refractivity contribution in [3.8, 4) is 0 Å². The van der Waals surface area contributed by atoms with Gasteiger partial charge in [0.25, 0.3) is 0 Å². The molecule has 1 aromatic heterocycles. The van der Waals surface area contributed by atoms with Crippen LogP contribution < -0.4 is 0 Å². The highest BCUT2D eigenvalue weighted by atomic mass is 79.9. The lowest BCUT2D eigenvalue weighted by Gasteiger charge is -2.19. The second-order valence-corrected chi connectivity index (χ2v) is 8.50. The molecule has 0 N–H and O–H groups in total. The number of thiophene rings is 1. The van der Waals surface area contributed by atoms with Crippen molar-refractivity contribution in [2.75, 3.05) is 6.54 Å². The van der Waals surface area contributed by atoms with Gasteiger partial charge in [-0.25, -0.2) is 8.42 Å². The van der Waals surface area contributed by atoms with Gasteiger partial charge in [-0.15, -0.1) is 22.9 Å². The van der Waals surface area contributed by atoms with E-state index in [2.05, 4.69) is 15.9 Å². The van der Waals surface area contributed by atoms with Crippen LogP contribution in [0.2, 0.25) is 0 Å². The van der Waals surface area contributed by atoms with Crippen molar-refractivity contribution in [2.24, 2.45) is 0 Å². The summed E-state index contributed by atoms with van der Waals surface area (Å²) in [6, 6.07) is 1.86. The summed E-state index contributed by atoms with van der Waals surface area (Å²) in [5, 5.41) is 0. The number of alkyl halides is 1. The Morgan fingerprint density at radius 1 is 1.59 bits per heavy atom. The quantitative estimate of drug-likeness (QED) is 0.756. The van der Waals surface area contributed by atoms with Gasteiger partial charge in [0.1, 0.15) is 4.90 Å². The van der Waals surface area contributed by atoms with E-state index < -0.39 is 10.0 Å². The molecular formula is C10H13BrClNO2S2. The predicted octanol–water partition coefficient (Wildman–Crippen LogP) is 3.42. The fourth-order valence-corrected chi connectivity index (χ4v) is 6.17. The van der Waals surface area contributed by atoms with E-state index in [1.54, 1.807) is 10.4 Å². The molecule has 1 fully saturated rings. The normalized spacial score (nSPS) is 16.7. The summed E-state index contributed by atoms with van der Waals surface area (Å²) in [7, 11) is -3.37. The zero-order valence-electron chi connectivity index (χ0n) is 9.32. The first-order valence-corrected chi connectivity index (χ1v) is 8.95. The third-order valence-electron chi connectivity index (χ3n) is 2.69. The maximum absolute atomic E-state index is 12.5. The summed E-state index contributed by atoms with van der Waals surface area (Å²) in [6.07, 6.45) is 1.94. The topological polar surface area (TPSA) is 37.4 Å². The van der Waals surface area contributed by atoms with E-state index in [1.807, 2.05) is 6.92 Å². The van der Waals surface area contributed by atoms with Crippen molar-refractivity contribution in [3.63, 3.8) is 0 Å². The largest absolute Gasteiger partial charge is 0.245 e. The fraction of sp³-hybridized carbons (Fsp3) is 0.600. The van der Waals surface area contributed by atoms with Crippen LogP contribution in [0.15, 0.2) is 14.7 Å². The number of halogens is 2. The highest BCUT2D eigenvalue weighted by Gasteiger charge is 2.38. The van der Waals surface area contributed by atoms with Crippen LogP contribution in [-0.4, -0.2) is 25.3 Å². The Kier molecular flexibility index (Phi) is 4.20. The van der Waals surface area contributed by atoms with Gasteiger partial charge in [0.15, 0.2) is 0 Å². The van der Waals surface area contributed by atoms with Crippen LogP contribution in [-0.2, 0) is 15.9 Å². The minimum Gasteiger partial charge on any atom is -0.207 e.